The Hall–Kier alpha value is -1.43. The van der Waals surface area contributed by atoms with E-state index in [1.165, 1.54) is 0 Å². The topological polar surface area (TPSA) is 60.2 Å². The maximum atomic E-state index is 13.2. The molecule has 6 heteroatoms. The lowest BCUT2D eigenvalue weighted by Gasteiger charge is -2.08. The molecule has 0 aromatic carbocycles. The van der Waals surface area contributed by atoms with Crippen LogP contribution in [-0.2, 0) is 4.74 Å². The Morgan fingerprint density at radius 2 is 2.12 bits per heavy atom. The number of nitrogen functional groups attached to an aromatic ring is 1. The van der Waals surface area contributed by atoms with E-state index >= 15 is 0 Å². The number of nitrogens with two attached hydrogens (primary N) is 1. The van der Waals surface area contributed by atoms with Crippen LogP contribution in [0.3, 0.4) is 0 Å². The van der Waals surface area contributed by atoms with Crippen molar-refractivity contribution in [2.75, 3.05) is 30.8 Å². The minimum Gasteiger partial charge on any atom is -0.381 e. The third-order valence-corrected chi connectivity index (χ3v) is 2.06. The minimum atomic E-state index is -0.848. The SMILES string of the molecule is CCCOCCCNc1nc(N)c(F)cc1F. The van der Waals surface area contributed by atoms with E-state index in [1.807, 2.05) is 6.92 Å². The number of pyridine rings is 1. The summed E-state index contributed by atoms with van der Waals surface area (Å²) in [5.74, 6) is -1.93. The van der Waals surface area contributed by atoms with Gasteiger partial charge in [-0.15, -0.1) is 0 Å². The summed E-state index contributed by atoms with van der Waals surface area (Å²) in [6.45, 7) is 3.84. The summed E-state index contributed by atoms with van der Waals surface area (Å²) in [7, 11) is 0. The van der Waals surface area contributed by atoms with Gasteiger partial charge in [0.1, 0.15) is 0 Å². The Kier molecular flexibility index (Phi) is 5.62. The molecule has 0 spiro atoms. The number of rotatable bonds is 7. The number of ether oxygens (including phenoxy) is 1. The summed E-state index contributed by atoms with van der Waals surface area (Å²) >= 11 is 0. The van der Waals surface area contributed by atoms with E-state index in [1.54, 1.807) is 0 Å². The molecule has 0 aliphatic rings. The summed E-state index contributed by atoms with van der Waals surface area (Å²) < 4.78 is 31.3. The molecule has 0 amide bonds. The number of halogens is 2. The molecule has 0 aliphatic carbocycles. The van der Waals surface area contributed by atoms with E-state index in [4.69, 9.17) is 10.5 Å². The van der Waals surface area contributed by atoms with Gasteiger partial charge in [0.15, 0.2) is 23.3 Å². The Morgan fingerprint density at radius 3 is 2.82 bits per heavy atom. The first-order chi connectivity index (χ1) is 8.15. The van der Waals surface area contributed by atoms with Gasteiger partial charge >= 0.3 is 0 Å². The average Bonchev–Trinajstić information content (AvgIpc) is 2.30. The predicted molar refractivity (Wildman–Crippen MR) is 62.8 cm³/mol. The molecule has 0 atom stereocenters. The van der Waals surface area contributed by atoms with Crippen molar-refractivity contribution in [2.45, 2.75) is 19.8 Å². The van der Waals surface area contributed by atoms with Crippen LogP contribution in [-0.4, -0.2) is 24.7 Å². The number of nitrogens with one attached hydrogen (secondary N) is 1. The van der Waals surface area contributed by atoms with Gasteiger partial charge in [-0.1, -0.05) is 6.92 Å². The molecule has 1 aromatic heterocycles. The molecule has 1 aromatic rings. The Labute approximate surface area is 99.2 Å². The lowest BCUT2D eigenvalue weighted by molar-refractivity contribution is 0.134. The molecule has 0 fully saturated rings. The quantitative estimate of drug-likeness (QED) is 0.723. The molecule has 0 bridgehead atoms. The number of hydrogen-bond acceptors (Lipinski definition) is 4. The third kappa shape index (κ3) is 4.52. The molecule has 96 valence electrons. The highest BCUT2D eigenvalue weighted by molar-refractivity contribution is 5.44. The summed E-state index contributed by atoms with van der Waals surface area (Å²) in [5, 5.41) is 2.75. The maximum absolute atomic E-state index is 13.2. The zero-order chi connectivity index (χ0) is 12.7. The summed E-state index contributed by atoms with van der Waals surface area (Å²) in [6.07, 6.45) is 1.69. The van der Waals surface area contributed by atoms with E-state index in [9.17, 15) is 8.78 Å². The monoisotopic (exact) mass is 245 g/mol. The van der Waals surface area contributed by atoms with Gasteiger partial charge in [0.25, 0.3) is 0 Å². The average molecular weight is 245 g/mol. The van der Waals surface area contributed by atoms with Gasteiger partial charge in [-0.25, -0.2) is 13.8 Å². The van der Waals surface area contributed by atoms with Gasteiger partial charge in [0.2, 0.25) is 0 Å². The van der Waals surface area contributed by atoms with Gasteiger partial charge < -0.3 is 15.8 Å². The first-order valence-electron chi connectivity index (χ1n) is 5.58. The van der Waals surface area contributed by atoms with Crippen molar-refractivity contribution in [3.63, 3.8) is 0 Å². The van der Waals surface area contributed by atoms with E-state index in [-0.39, 0.29) is 11.6 Å². The normalized spacial score (nSPS) is 10.5. The fourth-order valence-corrected chi connectivity index (χ4v) is 1.23. The standard InChI is InChI=1S/C11H17F2N3O/c1-2-5-17-6-3-4-15-11-9(13)7-8(12)10(14)16-11/h7H,2-6H2,1H3,(H3,14,15,16). The van der Waals surface area contributed by atoms with Crippen molar-refractivity contribution >= 4 is 11.6 Å². The van der Waals surface area contributed by atoms with Crippen LogP contribution < -0.4 is 11.1 Å². The molecule has 1 heterocycles. The smallest absolute Gasteiger partial charge is 0.168 e. The predicted octanol–water partition coefficient (Wildman–Crippen LogP) is 2.17. The van der Waals surface area contributed by atoms with Crippen LogP contribution >= 0.6 is 0 Å². The lowest BCUT2D eigenvalue weighted by Crippen LogP contribution is -2.10. The van der Waals surface area contributed by atoms with E-state index in [0.29, 0.717) is 13.2 Å². The molecule has 0 radical (unpaired) electrons. The largest absolute Gasteiger partial charge is 0.381 e. The Bertz CT molecular complexity index is 361. The molecule has 0 unspecified atom stereocenters. The van der Waals surface area contributed by atoms with Crippen LogP contribution in [0.2, 0.25) is 0 Å². The van der Waals surface area contributed by atoms with Crippen molar-refractivity contribution in [3.05, 3.63) is 17.7 Å². The van der Waals surface area contributed by atoms with Crippen LogP contribution in [0.15, 0.2) is 6.07 Å². The van der Waals surface area contributed by atoms with E-state index < -0.39 is 11.6 Å². The van der Waals surface area contributed by atoms with Gasteiger partial charge in [0.05, 0.1) is 0 Å². The second kappa shape index (κ2) is 7.01. The zero-order valence-electron chi connectivity index (χ0n) is 9.80. The van der Waals surface area contributed by atoms with Crippen LogP contribution in [0.25, 0.3) is 0 Å². The number of anilines is 2. The summed E-state index contributed by atoms with van der Waals surface area (Å²) in [6, 6.07) is 0.720. The van der Waals surface area contributed by atoms with Crippen LogP contribution in [0.5, 0.6) is 0 Å². The fraction of sp³-hybridized carbons (Fsp3) is 0.545. The van der Waals surface area contributed by atoms with Crippen molar-refractivity contribution in [1.29, 1.82) is 0 Å². The van der Waals surface area contributed by atoms with Crippen LogP contribution in [0.4, 0.5) is 20.4 Å². The summed E-state index contributed by atoms with van der Waals surface area (Å²) in [4.78, 5) is 3.58. The van der Waals surface area contributed by atoms with Crippen LogP contribution in [0.1, 0.15) is 19.8 Å². The molecule has 4 nitrogen and oxygen atoms in total. The van der Waals surface area contributed by atoms with E-state index in [2.05, 4.69) is 10.3 Å². The molecular formula is C11H17F2N3O. The number of aromatic nitrogens is 1. The third-order valence-electron chi connectivity index (χ3n) is 2.06. The van der Waals surface area contributed by atoms with Gasteiger partial charge in [-0.05, 0) is 12.8 Å². The molecule has 1 rings (SSSR count). The molecule has 17 heavy (non-hydrogen) atoms. The second-order valence-corrected chi connectivity index (χ2v) is 3.58. The number of hydrogen-bond donors (Lipinski definition) is 2. The second-order valence-electron chi connectivity index (χ2n) is 3.58. The lowest BCUT2D eigenvalue weighted by atomic mass is 10.4. The van der Waals surface area contributed by atoms with Crippen LogP contribution in [0, 0.1) is 11.6 Å². The molecule has 0 saturated carbocycles. The molecule has 0 aliphatic heterocycles. The molecular weight excluding hydrogens is 228 g/mol. The van der Waals surface area contributed by atoms with Crippen molar-refractivity contribution < 1.29 is 13.5 Å². The first-order valence-corrected chi connectivity index (χ1v) is 5.58. The van der Waals surface area contributed by atoms with Gasteiger partial charge in [-0.2, -0.15) is 0 Å². The highest BCUT2D eigenvalue weighted by Crippen LogP contribution is 2.16. The Balaban J connectivity index is 2.34. The van der Waals surface area contributed by atoms with Crippen molar-refractivity contribution in [1.82, 2.24) is 4.98 Å². The number of nitrogens with zero attached hydrogens (tertiary/aromatic N) is 1. The summed E-state index contributed by atoms with van der Waals surface area (Å²) in [5.41, 5.74) is 5.24. The highest BCUT2D eigenvalue weighted by Gasteiger charge is 2.08. The first kappa shape index (κ1) is 13.6. The van der Waals surface area contributed by atoms with Crippen molar-refractivity contribution in [2.24, 2.45) is 0 Å². The molecule has 0 saturated heterocycles. The molecule has 3 N–H and O–H groups in total. The minimum absolute atomic E-state index is 0.0283. The van der Waals surface area contributed by atoms with Crippen molar-refractivity contribution in [3.8, 4) is 0 Å². The fourth-order valence-electron chi connectivity index (χ4n) is 1.23. The van der Waals surface area contributed by atoms with Gasteiger partial charge in [-0.3, -0.25) is 0 Å². The van der Waals surface area contributed by atoms with E-state index in [0.717, 1.165) is 25.5 Å². The highest BCUT2D eigenvalue weighted by atomic mass is 19.1. The van der Waals surface area contributed by atoms with Gasteiger partial charge in [0, 0.05) is 25.8 Å². The zero-order valence-corrected chi connectivity index (χ0v) is 9.80. The Morgan fingerprint density at radius 1 is 1.35 bits per heavy atom. The maximum Gasteiger partial charge on any atom is 0.168 e.